The van der Waals surface area contributed by atoms with Gasteiger partial charge in [-0.05, 0) is 63.6 Å². The van der Waals surface area contributed by atoms with E-state index in [2.05, 4.69) is 26.1 Å². The summed E-state index contributed by atoms with van der Waals surface area (Å²) in [5.74, 6) is -1.38. The van der Waals surface area contributed by atoms with Crippen LogP contribution in [-0.4, -0.2) is 74.9 Å². The van der Waals surface area contributed by atoms with E-state index in [-0.39, 0.29) is 23.7 Å². The largest absolute Gasteiger partial charge is 0.496 e. The molecule has 0 saturated heterocycles. The quantitative estimate of drug-likeness (QED) is 0.372. The van der Waals surface area contributed by atoms with Gasteiger partial charge in [0.25, 0.3) is 0 Å². The number of hydrogen-bond acceptors (Lipinski definition) is 7. The van der Waals surface area contributed by atoms with E-state index in [9.17, 15) is 19.5 Å². The fourth-order valence-electron chi connectivity index (χ4n) is 7.02. The van der Waals surface area contributed by atoms with Crippen molar-refractivity contribution in [2.45, 2.75) is 83.3 Å². The highest BCUT2D eigenvalue weighted by Crippen LogP contribution is 2.47. The van der Waals surface area contributed by atoms with Crippen LogP contribution < -0.4 is 14.8 Å². The summed E-state index contributed by atoms with van der Waals surface area (Å²) in [6.07, 6.45) is 8.78. The minimum Gasteiger partial charge on any atom is -0.496 e. The molecule has 2 fully saturated rings. The molecule has 2 saturated carbocycles. The van der Waals surface area contributed by atoms with Gasteiger partial charge in [0, 0.05) is 48.1 Å². The van der Waals surface area contributed by atoms with Crippen LogP contribution in [0.4, 0.5) is 0 Å². The van der Waals surface area contributed by atoms with Gasteiger partial charge in [-0.3, -0.25) is 9.59 Å². The summed E-state index contributed by atoms with van der Waals surface area (Å²) in [4.78, 5) is 46.7. The van der Waals surface area contributed by atoms with Gasteiger partial charge in [-0.25, -0.2) is 14.5 Å². The zero-order chi connectivity index (χ0) is 33.7. The van der Waals surface area contributed by atoms with E-state index in [1.165, 1.54) is 0 Å². The van der Waals surface area contributed by atoms with Crippen molar-refractivity contribution in [2.24, 2.45) is 17.8 Å². The van der Waals surface area contributed by atoms with Gasteiger partial charge in [-0.1, -0.05) is 32.9 Å². The first-order chi connectivity index (χ1) is 22.3. The Morgan fingerprint density at radius 3 is 2.57 bits per heavy atom. The number of benzene rings is 1. The number of methoxy groups -OCH3 is 1. The normalized spacial score (nSPS) is 27.4. The predicted molar refractivity (Wildman–Crippen MR) is 177 cm³/mol. The number of ether oxygens (including phenoxy) is 2. The molecule has 0 spiro atoms. The Morgan fingerprint density at radius 2 is 1.87 bits per heavy atom. The fourth-order valence-corrected chi connectivity index (χ4v) is 7.02. The molecule has 250 valence electrons. The van der Waals surface area contributed by atoms with Crippen LogP contribution in [0.1, 0.15) is 70.6 Å². The molecule has 2 aliphatic carbocycles. The molecule has 11 nitrogen and oxygen atoms in total. The number of amides is 2. The number of carboxylic acid groups (broad SMARTS) is 1. The summed E-state index contributed by atoms with van der Waals surface area (Å²) in [7, 11) is 3.40. The van der Waals surface area contributed by atoms with Gasteiger partial charge in [0.2, 0.25) is 11.8 Å². The molecule has 0 bridgehead atoms. The lowest BCUT2D eigenvalue weighted by Crippen LogP contribution is -2.49. The van der Waals surface area contributed by atoms with E-state index in [0.29, 0.717) is 42.2 Å². The summed E-state index contributed by atoms with van der Waals surface area (Å²) >= 11 is 0. The average molecular weight is 644 g/mol. The van der Waals surface area contributed by atoms with Gasteiger partial charge in [0.15, 0.2) is 5.82 Å². The predicted octanol–water partition coefficient (Wildman–Crippen LogP) is 4.97. The third-order valence-electron chi connectivity index (χ3n) is 10.0. The highest BCUT2D eigenvalue weighted by atomic mass is 16.5. The van der Waals surface area contributed by atoms with Crippen molar-refractivity contribution in [2.75, 3.05) is 20.7 Å². The minimum absolute atomic E-state index is 0.118. The summed E-state index contributed by atoms with van der Waals surface area (Å²) in [6, 6.07) is 7.61. The Morgan fingerprint density at radius 1 is 1.11 bits per heavy atom. The molecule has 0 radical (unpaired) electrons. The number of fused-ring (bicyclic) bond motifs is 3. The Kier molecular flexibility index (Phi) is 8.52. The SMILES string of the molecule is COc1ccc2c(OC3CC4C(=O)NC5(C(=O)O)CC5/C=C\CCCCN(C)C(=O)C4C3)cc(-n3ccc(C(C)(C)C)n3)nc2c1C. The van der Waals surface area contributed by atoms with Crippen molar-refractivity contribution in [1.29, 1.82) is 0 Å². The zero-order valence-corrected chi connectivity index (χ0v) is 28.1. The number of nitrogens with zero attached hydrogens (tertiary/aromatic N) is 4. The van der Waals surface area contributed by atoms with Gasteiger partial charge in [-0.2, -0.15) is 5.10 Å². The molecule has 5 atom stereocenters. The van der Waals surface area contributed by atoms with Crippen molar-refractivity contribution in [1.82, 2.24) is 25.0 Å². The molecule has 3 aliphatic rings. The van der Waals surface area contributed by atoms with Gasteiger partial charge in [0.05, 0.1) is 30.2 Å². The van der Waals surface area contributed by atoms with Crippen molar-refractivity contribution < 1.29 is 29.0 Å². The van der Waals surface area contributed by atoms with Crippen LogP contribution in [0.2, 0.25) is 0 Å². The zero-order valence-electron chi connectivity index (χ0n) is 28.1. The molecular weight excluding hydrogens is 598 g/mol. The molecule has 11 heteroatoms. The number of carboxylic acids is 1. The van der Waals surface area contributed by atoms with Crippen molar-refractivity contribution in [3.8, 4) is 17.3 Å². The summed E-state index contributed by atoms with van der Waals surface area (Å²) in [5, 5.41) is 18.5. The van der Waals surface area contributed by atoms with Crippen molar-refractivity contribution in [3.05, 3.63) is 53.9 Å². The van der Waals surface area contributed by atoms with Gasteiger partial charge < -0.3 is 24.8 Å². The standard InChI is InChI=1S/C36H45N5O6/c1-21-27(46-6)13-12-24-28(19-30(37-31(21)24)41-16-14-29(39-41)35(2,3)4)47-23-17-25-26(18-23)33(43)40(5)15-10-8-7-9-11-22-20-36(22,34(44)45)38-32(25)42/h9,11-14,16,19,22-23,25-26H,7-8,10,15,17-18,20H2,1-6H3,(H,38,42)(H,44,45)/b11-9-. The van der Waals surface area contributed by atoms with Gasteiger partial charge in [-0.15, -0.1) is 0 Å². The number of hydrogen-bond donors (Lipinski definition) is 2. The topological polar surface area (TPSA) is 136 Å². The van der Waals surface area contributed by atoms with Crippen LogP contribution >= 0.6 is 0 Å². The lowest BCUT2D eigenvalue weighted by molar-refractivity contribution is -0.145. The molecule has 2 amide bonds. The molecule has 47 heavy (non-hydrogen) atoms. The van der Waals surface area contributed by atoms with Gasteiger partial charge in [0.1, 0.15) is 23.1 Å². The summed E-state index contributed by atoms with van der Waals surface area (Å²) in [6.45, 7) is 8.84. The molecule has 1 aromatic carbocycles. The van der Waals surface area contributed by atoms with Gasteiger partial charge >= 0.3 is 5.97 Å². The van der Waals surface area contributed by atoms with E-state index < -0.39 is 35.4 Å². The Bertz CT molecular complexity index is 1740. The average Bonchev–Trinajstić information content (AvgIpc) is 3.33. The van der Waals surface area contributed by atoms with E-state index in [4.69, 9.17) is 19.6 Å². The van der Waals surface area contributed by atoms with Crippen LogP contribution in [0, 0.1) is 24.7 Å². The molecular formula is C36H45N5O6. The van der Waals surface area contributed by atoms with Crippen molar-refractivity contribution >= 4 is 28.7 Å². The number of carbonyl (C=O) groups excluding carboxylic acids is 2. The number of pyridine rings is 1. The lowest BCUT2D eigenvalue weighted by Gasteiger charge is -2.26. The molecule has 5 unspecified atom stereocenters. The van der Waals surface area contributed by atoms with Crippen molar-refractivity contribution in [3.63, 3.8) is 0 Å². The van der Waals surface area contributed by atoms with Crippen LogP contribution in [0.3, 0.4) is 0 Å². The second-order valence-corrected chi connectivity index (χ2v) is 14.3. The number of rotatable bonds is 5. The summed E-state index contributed by atoms with van der Waals surface area (Å²) in [5.41, 5.74) is 0.983. The Hall–Kier alpha value is -4.41. The summed E-state index contributed by atoms with van der Waals surface area (Å²) < 4.78 is 14.1. The van der Waals surface area contributed by atoms with Crippen LogP contribution in [0.5, 0.6) is 11.5 Å². The molecule has 2 N–H and O–H groups in total. The molecule has 2 aromatic heterocycles. The maximum Gasteiger partial charge on any atom is 0.330 e. The third kappa shape index (κ3) is 6.19. The second kappa shape index (κ2) is 12.3. The molecule has 6 rings (SSSR count). The first-order valence-electron chi connectivity index (χ1n) is 16.5. The highest BCUT2D eigenvalue weighted by Gasteiger charge is 2.61. The van der Waals surface area contributed by atoms with Crippen LogP contribution in [0.25, 0.3) is 16.7 Å². The van der Waals surface area contributed by atoms with E-state index >= 15 is 0 Å². The number of aryl methyl sites for hydroxylation is 1. The van der Waals surface area contributed by atoms with E-state index in [1.807, 2.05) is 49.5 Å². The minimum atomic E-state index is -1.33. The smallest absolute Gasteiger partial charge is 0.330 e. The van der Waals surface area contributed by atoms with Crippen LogP contribution in [0.15, 0.2) is 42.6 Å². The highest BCUT2D eigenvalue weighted by molar-refractivity contribution is 5.94. The van der Waals surface area contributed by atoms with E-state index in [0.717, 1.165) is 35.9 Å². The lowest BCUT2D eigenvalue weighted by atomic mass is 9.93. The van der Waals surface area contributed by atoms with E-state index in [1.54, 1.807) is 23.7 Å². The maximum atomic E-state index is 13.9. The monoisotopic (exact) mass is 643 g/mol. The number of nitrogens with one attached hydrogen (secondary N) is 1. The first kappa shape index (κ1) is 32.5. The number of allylic oxidation sites excluding steroid dienone is 1. The molecule has 1 aliphatic heterocycles. The number of aliphatic carboxylic acids is 1. The Balaban J connectivity index is 1.35. The number of aromatic nitrogens is 3. The Labute approximate surface area is 275 Å². The third-order valence-corrected chi connectivity index (χ3v) is 10.0. The first-order valence-corrected chi connectivity index (χ1v) is 16.5. The van der Waals surface area contributed by atoms with Crippen LogP contribution in [-0.2, 0) is 19.8 Å². The molecule has 3 aromatic rings. The maximum absolute atomic E-state index is 13.9. The fraction of sp³-hybridized carbons (Fsp3) is 0.528. The second-order valence-electron chi connectivity index (χ2n) is 14.3. The number of carbonyl (C=O) groups is 3. The molecule has 3 heterocycles.